The van der Waals surface area contributed by atoms with Crippen LogP contribution in [0.4, 0.5) is 17.1 Å². The molecule has 0 spiro atoms. The van der Waals surface area contributed by atoms with E-state index in [9.17, 15) is 9.59 Å². The van der Waals surface area contributed by atoms with Crippen molar-refractivity contribution in [2.75, 3.05) is 16.8 Å². The first-order chi connectivity index (χ1) is 8.55. The smallest absolute Gasteiger partial charge is 0.221 e. The zero-order chi connectivity index (χ0) is 15.0. The Balaban J connectivity index is 3.42. The Morgan fingerprint density at radius 1 is 1.26 bits per heavy atom. The molecule has 1 aromatic carbocycles. The number of nitrogens with two attached hydrogens (primary N) is 2. The second-order valence-corrected chi connectivity index (χ2v) is 5.75. The number of hydrogen-bond acceptors (Lipinski definition) is 4. The van der Waals surface area contributed by atoms with Gasteiger partial charge in [0.1, 0.15) is 0 Å². The Hall–Kier alpha value is -1.75. The third-order valence-electron chi connectivity index (χ3n) is 2.55. The Morgan fingerprint density at radius 3 is 2.21 bits per heavy atom. The number of halogens is 1. The van der Waals surface area contributed by atoms with Crippen LogP contribution < -0.4 is 16.8 Å². The molecule has 0 saturated carbocycles. The molecule has 5 nitrogen and oxygen atoms in total. The van der Waals surface area contributed by atoms with Gasteiger partial charge < -0.3 is 16.8 Å². The molecular weight excluding hydrogens is 266 g/mol. The van der Waals surface area contributed by atoms with Crippen molar-refractivity contribution in [2.24, 2.45) is 5.41 Å². The first-order valence-electron chi connectivity index (χ1n) is 5.75. The van der Waals surface area contributed by atoms with Crippen LogP contribution in [0.5, 0.6) is 0 Å². The van der Waals surface area contributed by atoms with Gasteiger partial charge in [-0.05, 0) is 6.07 Å². The largest absolute Gasteiger partial charge is 0.398 e. The molecule has 0 aliphatic carbocycles. The Morgan fingerprint density at radius 2 is 1.79 bits per heavy atom. The Bertz CT molecular complexity index is 548. The minimum atomic E-state index is -0.624. The van der Waals surface area contributed by atoms with Gasteiger partial charge >= 0.3 is 0 Å². The number of ketones is 1. The van der Waals surface area contributed by atoms with Crippen molar-refractivity contribution in [1.29, 1.82) is 0 Å². The van der Waals surface area contributed by atoms with Crippen LogP contribution in [0.2, 0.25) is 5.02 Å². The van der Waals surface area contributed by atoms with Gasteiger partial charge in [0.15, 0.2) is 5.78 Å². The van der Waals surface area contributed by atoms with Crippen LogP contribution in [-0.2, 0) is 4.79 Å². The summed E-state index contributed by atoms with van der Waals surface area (Å²) < 4.78 is 0. The highest BCUT2D eigenvalue weighted by Gasteiger charge is 2.28. The summed E-state index contributed by atoms with van der Waals surface area (Å²) in [6.07, 6.45) is 0. The summed E-state index contributed by atoms with van der Waals surface area (Å²) in [6, 6.07) is 1.44. The molecule has 0 atom stereocenters. The number of Topliss-reactive ketones (excluding diaryl/α,β-unsaturated/α-hetero) is 1. The van der Waals surface area contributed by atoms with E-state index in [2.05, 4.69) is 5.32 Å². The van der Waals surface area contributed by atoms with Gasteiger partial charge in [-0.3, -0.25) is 9.59 Å². The van der Waals surface area contributed by atoms with E-state index in [1.54, 1.807) is 20.8 Å². The van der Waals surface area contributed by atoms with Gasteiger partial charge in [0.25, 0.3) is 0 Å². The number of benzene rings is 1. The standard InChI is InChI=1S/C13H18ClN3O2/c1-6(18)17-8-5-7(15)9(11(16)10(8)14)12(19)13(2,3)4/h5H,15-16H2,1-4H3,(H,17,18). The van der Waals surface area contributed by atoms with Crippen LogP contribution in [0, 0.1) is 5.41 Å². The highest BCUT2D eigenvalue weighted by Crippen LogP contribution is 2.38. The minimum Gasteiger partial charge on any atom is -0.398 e. The van der Waals surface area contributed by atoms with E-state index in [1.165, 1.54) is 13.0 Å². The van der Waals surface area contributed by atoms with Gasteiger partial charge in [0, 0.05) is 18.0 Å². The topological polar surface area (TPSA) is 98.2 Å². The quantitative estimate of drug-likeness (QED) is 0.574. The van der Waals surface area contributed by atoms with Crippen molar-refractivity contribution in [2.45, 2.75) is 27.7 Å². The molecule has 0 fully saturated rings. The molecule has 0 aliphatic rings. The molecule has 0 aliphatic heterocycles. The maximum Gasteiger partial charge on any atom is 0.221 e. The number of amides is 1. The third-order valence-corrected chi connectivity index (χ3v) is 2.96. The van der Waals surface area contributed by atoms with E-state index in [0.717, 1.165) is 0 Å². The molecule has 19 heavy (non-hydrogen) atoms. The molecule has 1 rings (SSSR count). The van der Waals surface area contributed by atoms with Crippen molar-refractivity contribution in [3.8, 4) is 0 Å². The molecule has 1 amide bonds. The average Bonchev–Trinajstić information content (AvgIpc) is 2.23. The lowest BCUT2D eigenvalue weighted by Crippen LogP contribution is -2.23. The third kappa shape index (κ3) is 3.17. The second-order valence-electron chi connectivity index (χ2n) is 5.38. The lowest BCUT2D eigenvalue weighted by atomic mass is 9.85. The van der Waals surface area contributed by atoms with E-state index < -0.39 is 5.41 Å². The van der Waals surface area contributed by atoms with Crippen molar-refractivity contribution in [3.63, 3.8) is 0 Å². The van der Waals surface area contributed by atoms with E-state index in [0.29, 0.717) is 5.69 Å². The Kier molecular flexibility index (Phi) is 4.10. The number of carbonyl (C=O) groups excluding carboxylic acids is 2. The van der Waals surface area contributed by atoms with Crippen LogP contribution in [0.1, 0.15) is 38.1 Å². The fraction of sp³-hybridized carbons (Fsp3) is 0.385. The number of hydrogen-bond donors (Lipinski definition) is 3. The summed E-state index contributed by atoms with van der Waals surface area (Å²) in [5.74, 6) is -0.491. The maximum atomic E-state index is 12.3. The molecule has 0 saturated heterocycles. The monoisotopic (exact) mass is 283 g/mol. The predicted molar refractivity (Wildman–Crippen MR) is 78.4 cm³/mol. The van der Waals surface area contributed by atoms with Gasteiger partial charge in [-0.25, -0.2) is 0 Å². The summed E-state index contributed by atoms with van der Waals surface area (Å²) >= 11 is 6.06. The fourth-order valence-electron chi connectivity index (χ4n) is 1.61. The molecule has 6 heteroatoms. The van der Waals surface area contributed by atoms with Crippen molar-refractivity contribution in [1.82, 2.24) is 0 Å². The van der Waals surface area contributed by atoms with Crippen LogP contribution in [0.25, 0.3) is 0 Å². The minimum absolute atomic E-state index is 0.0883. The normalized spacial score (nSPS) is 11.2. The van der Waals surface area contributed by atoms with Gasteiger partial charge in [-0.15, -0.1) is 0 Å². The highest BCUT2D eigenvalue weighted by atomic mass is 35.5. The van der Waals surface area contributed by atoms with Gasteiger partial charge in [-0.2, -0.15) is 0 Å². The number of nitrogen functional groups attached to an aromatic ring is 2. The van der Waals surface area contributed by atoms with Gasteiger partial charge in [0.05, 0.1) is 22.0 Å². The zero-order valence-corrected chi connectivity index (χ0v) is 12.2. The molecule has 5 N–H and O–H groups in total. The van der Waals surface area contributed by atoms with Crippen LogP contribution >= 0.6 is 11.6 Å². The molecule has 104 valence electrons. The number of nitrogens with one attached hydrogen (secondary N) is 1. The first-order valence-corrected chi connectivity index (χ1v) is 6.13. The lowest BCUT2D eigenvalue weighted by molar-refractivity contribution is -0.114. The van der Waals surface area contributed by atoms with Crippen molar-refractivity contribution in [3.05, 3.63) is 16.7 Å². The van der Waals surface area contributed by atoms with Crippen molar-refractivity contribution < 1.29 is 9.59 Å². The molecule has 0 aromatic heterocycles. The zero-order valence-electron chi connectivity index (χ0n) is 11.4. The van der Waals surface area contributed by atoms with Gasteiger partial charge in [-0.1, -0.05) is 32.4 Å². The fourth-order valence-corrected chi connectivity index (χ4v) is 1.81. The van der Waals surface area contributed by atoms with Crippen LogP contribution in [0.3, 0.4) is 0 Å². The van der Waals surface area contributed by atoms with E-state index in [4.69, 9.17) is 23.1 Å². The van der Waals surface area contributed by atoms with Crippen LogP contribution in [-0.4, -0.2) is 11.7 Å². The van der Waals surface area contributed by atoms with E-state index >= 15 is 0 Å². The molecular formula is C13H18ClN3O2. The highest BCUT2D eigenvalue weighted by molar-refractivity contribution is 6.37. The summed E-state index contributed by atoms with van der Waals surface area (Å²) in [7, 11) is 0. The lowest BCUT2D eigenvalue weighted by Gasteiger charge is -2.21. The summed E-state index contributed by atoms with van der Waals surface area (Å²) in [5, 5.41) is 2.64. The first kappa shape index (κ1) is 15.3. The number of carbonyl (C=O) groups is 2. The number of anilines is 3. The molecule has 0 unspecified atom stereocenters. The van der Waals surface area contributed by atoms with Gasteiger partial charge in [0.2, 0.25) is 5.91 Å². The molecule has 0 heterocycles. The summed E-state index contributed by atoms with van der Waals surface area (Å²) in [4.78, 5) is 23.3. The molecule has 0 radical (unpaired) electrons. The van der Waals surface area contributed by atoms with E-state index in [-0.39, 0.29) is 33.7 Å². The average molecular weight is 284 g/mol. The van der Waals surface area contributed by atoms with Crippen LogP contribution in [0.15, 0.2) is 6.07 Å². The predicted octanol–water partition coefficient (Wildman–Crippen LogP) is 2.69. The van der Waals surface area contributed by atoms with E-state index in [1.807, 2.05) is 0 Å². The molecule has 0 bridgehead atoms. The summed E-state index contributed by atoms with van der Waals surface area (Å²) in [6.45, 7) is 6.65. The SMILES string of the molecule is CC(=O)Nc1cc(N)c(C(=O)C(C)(C)C)c(N)c1Cl. The summed E-state index contributed by atoms with van der Waals surface area (Å²) in [5.41, 5.74) is 11.9. The maximum absolute atomic E-state index is 12.3. The molecule has 1 aromatic rings. The second kappa shape index (κ2) is 5.09. The van der Waals surface area contributed by atoms with Crippen molar-refractivity contribution >= 4 is 40.4 Å². The Labute approximate surface area is 117 Å². The number of rotatable bonds is 2.